The fraction of sp³-hybridized carbons (Fsp3) is 0.143. The average molecular weight is 400 g/mol. The molecule has 3 aromatic rings. The second kappa shape index (κ2) is 7.52. The lowest BCUT2D eigenvalue weighted by molar-refractivity contribution is -0.113. The lowest BCUT2D eigenvalue weighted by atomic mass is 10.3. The molecule has 1 amide bonds. The molecular weight excluding hydrogens is 389 g/mol. The van der Waals surface area contributed by atoms with Crippen molar-refractivity contribution in [2.75, 3.05) is 11.1 Å². The summed E-state index contributed by atoms with van der Waals surface area (Å²) >= 11 is 14.8. The van der Waals surface area contributed by atoms with Gasteiger partial charge in [0.15, 0.2) is 11.6 Å². The number of amides is 1. The number of anilines is 1. The summed E-state index contributed by atoms with van der Waals surface area (Å²) in [6, 6.07) is 3.89. The van der Waals surface area contributed by atoms with Crippen LogP contribution in [0.3, 0.4) is 0 Å². The number of H-pyrrole nitrogens is 1. The third-order valence-corrected chi connectivity index (χ3v) is 5.58. The fourth-order valence-electron chi connectivity index (χ4n) is 1.78. The van der Waals surface area contributed by atoms with Crippen molar-refractivity contribution in [2.45, 2.75) is 12.1 Å². The highest BCUT2D eigenvalue weighted by Crippen LogP contribution is 2.29. The summed E-state index contributed by atoms with van der Waals surface area (Å²) in [5.74, 6) is 0.865. The van der Waals surface area contributed by atoms with Crippen LogP contribution in [0.25, 0.3) is 10.7 Å². The Kier molecular flexibility index (Phi) is 5.40. The number of carbonyl (C=O) groups is 1. The molecule has 10 heteroatoms. The van der Waals surface area contributed by atoms with Gasteiger partial charge in [0.05, 0.1) is 20.7 Å². The van der Waals surface area contributed by atoms with E-state index in [0.717, 1.165) is 4.88 Å². The lowest BCUT2D eigenvalue weighted by Gasteiger charge is -2.08. The lowest BCUT2D eigenvalue weighted by Crippen LogP contribution is -2.15. The number of nitrogens with one attached hydrogen (secondary N) is 2. The molecule has 0 aliphatic rings. The second-order valence-corrected chi connectivity index (χ2v) is 7.35. The van der Waals surface area contributed by atoms with Gasteiger partial charge in [0, 0.05) is 6.20 Å². The van der Waals surface area contributed by atoms with Crippen molar-refractivity contribution in [3.05, 3.63) is 39.3 Å². The van der Waals surface area contributed by atoms with Crippen molar-refractivity contribution in [3.8, 4) is 10.7 Å². The largest absolute Gasteiger partial charge is 0.309 e. The van der Waals surface area contributed by atoms with Gasteiger partial charge in [-0.2, -0.15) is 0 Å². The SMILES string of the molecule is Cc1c(Cl)cnc(NC(=O)CSc2n[nH]c(-c3cccs3)n2)c1Cl. The quantitative estimate of drug-likeness (QED) is 0.625. The van der Waals surface area contributed by atoms with E-state index < -0.39 is 0 Å². The Morgan fingerprint density at radius 3 is 3.04 bits per heavy atom. The van der Waals surface area contributed by atoms with E-state index in [1.165, 1.54) is 18.0 Å². The van der Waals surface area contributed by atoms with E-state index in [4.69, 9.17) is 23.2 Å². The molecule has 3 aromatic heterocycles. The molecule has 6 nitrogen and oxygen atoms in total. The Morgan fingerprint density at radius 1 is 1.46 bits per heavy atom. The van der Waals surface area contributed by atoms with Crippen LogP contribution in [0.4, 0.5) is 5.82 Å². The van der Waals surface area contributed by atoms with E-state index in [0.29, 0.717) is 32.4 Å². The Labute approximate surface area is 156 Å². The first-order valence-corrected chi connectivity index (χ1v) is 9.36. The minimum atomic E-state index is -0.251. The average Bonchev–Trinajstić information content (AvgIpc) is 3.24. The van der Waals surface area contributed by atoms with Crippen molar-refractivity contribution in [1.82, 2.24) is 20.2 Å². The third kappa shape index (κ3) is 3.89. The minimum Gasteiger partial charge on any atom is -0.309 e. The molecule has 0 aromatic carbocycles. The number of hydrogen-bond acceptors (Lipinski definition) is 6. The third-order valence-electron chi connectivity index (χ3n) is 3.01. The highest BCUT2D eigenvalue weighted by atomic mass is 35.5. The molecule has 24 heavy (non-hydrogen) atoms. The highest BCUT2D eigenvalue weighted by molar-refractivity contribution is 7.99. The van der Waals surface area contributed by atoms with E-state index in [1.54, 1.807) is 18.3 Å². The van der Waals surface area contributed by atoms with Gasteiger partial charge in [-0.1, -0.05) is 41.0 Å². The maximum Gasteiger partial charge on any atom is 0.236 e. The van der Waals surface area contributed by atoms with Crippen molar-refractivity contribution >= 4 is 58.0 Å². The van der Waals surface area contributed by atoms with Crippen LogP contribution in [0.5, 0.6) is 0 Å². The first-order valence-electron chi connectivity index (χ1n) is 6.74. The van der Waals surface area contributed by atoms with Gasteiger partial charge in [-0.3, -0.25) is 9.89 Å². The zero-order valence-corrected chi connectivity index (χ0v) is 15.5. The summed E-state index contributed by atoms with van der Waals surface area (Å²) in [6.45, 7) is 1.76. The standard InChI is InChI=1S/C14H11Cl2N5OS2/c1-7-8(15)5-17-13(11(7)16)18-10(22)6-24-14-19-12(20-21-14)9-3-2-4-23-9/h2-5H,6H2,1H3,(H,17,18,22)(H,19,20,21). The number of rotatable bonds is 5. The van der Waals surface area contributed by atoms with E-state index >= 15 is 0 Å². The molecule has 2 N–H and O–H groups in total. The van der Waals surface area contributed by atoms with Crippen LogP contribution in [-0.2, 0) is 4.79 Å². The molecule has 0 saturated heterocycles. The normalized spacial score (nSPS) is 10.8. The van der Waals surface area contributed by atoms with Gasteiger partial charge in [-0.05, 0) is 23.9 Å². The van der Waals surface area contributed by atoms with Gasteiger partial charge in [-0.15, -0.1) is 16.4 Å². The molecule has 0 aliphatic carbocycles. The Hall–Kier alpha value is -1.61. The van der Waals surface area contributed by atoms with Crippen LogP contribution in [0.1, 0.15) is 5.56 Å². The van der Waals surface area contributed by atoms with Gasteiger partial charge in [-0.25, -0.2) is 9.97 Å². The molecule has 3 heterocycles. The summed E-state index contributed by atoms with van der Waals surface area (Å²) in [7, 11) is 0. The van der Waals surface area contributed by atoms with Crippen LogP contribution in [0.15, 0.2) is 28.9 Å². The number of carbonyl (C=O) groups excluding carboxylic acids is 1. The van der Waals surface area contributed by atoms with Crippen molar-refractivity contribution in [3.63, 3.8) is 0 Å². The van der Waals surface area contributed by atoms with Gasteiger partial charge >= 0.3 is 0 Å². The second-order valence-electron chi connectivity index (χ2n) is 4.67. The number of thioether (sulfide) groups is 1. The fourth-order valence-corrected chi connectivity index (χ4v) is 3.43. The van der Waals surface area contributed by atoms with Crippen molar-refractivity contribution in [2.24, 2.45) is 0 Å². The van der Waals surface area contributed by atoms with Crippen LogP contribution < -0.4 is 5.32 Å². The molecule has 0 fully saturated rings. The number of aromatic amines is 1. The van der Waals surface area contributed by atoms with Gasteiger partial charge < -0.3 is 5.32 Å². The molecule has 0 saturated carbocycles. The van der Waals surface area contributed by atoms with Gasteiger partial charge in [0.1, 0.15) is 0 Å². The predicted octanol–water partition coefficient (Wildman–Crippen LogP) is 4.27. The number of pyridine rings is 1. The Morgan fingerprint density at radius 2 is 2.29 bits per heavy atom. The summed E-state index contributed by atoms with van der Waals surface area (Å²) in [5.41, 5.74) is 0.672. The van der Waals surface area contributed by atoms with Crippen molar-refractivity contribution in [1.29, 1.82) is 0 Å². The molecule has 0 aliphatic heterocycles. The topological polar surface area (TPSA) is 83.6 Å². The summed E-state index contributed by atoms with van der Waals surface area (Å²) in [6.07, 6.45) is 1.45. The summed E-state index contributed by atoms with van der Waals surface area (Å²) in [4.78, 5) is 21.4. The molecule has 0 spiro atoms. The molecule has 0 unspecified atom stereocenters. The molecule has 0 radical (unpaired) electrons. The van der Waals surface area contributed by atoms with E-state index in [2.05, 4.69) is 25.5 Å². The highest BCUT2D eigenvalue weighted by Gasteiger charge is 2.13. The zero-order valence-electron chi connectivity index (χ0n) is 12.3. The minimum absolute atomic E-state index is 0.140. The van der Waals surface area contributed by atoms with E-state index in [1.807, 2.05) is 17.5 Å². The van der Waals surface area contributed by atoms with E-state index in [-0.39, 0.29) is 11.7 Å². The number of hydrogen-bond donors (Lipinski definition) is 2. The van der Waals surface area contributed by atoms with Crippen LogP contribution in [-0.4, -0.2) is 31.8 Å². The maximum atomic E-state index is 12.0. The van der Waals surface area contributed by atoms with E-state index in [9.17, 15) is 4.79 Å². The summed E-state index contributed by atoms with van der Waals surface area (Å²) < 4.78 is 0. The summed E-state index contributed by atoms with van der Waals surface area (Å²) in [5, 5.41) is 12.8. The molecule has 0 atom stereocenters. The number of thiophene rings is 1. The molecule has 0 bridgehead atoms. The number of halogens is 2. The Balaban J connectivity index is 1.59. The van der Waals surface area contributed by atoms with Crippen LogP contribution in [0, 0.1) is 6.92 Å². The zero-order chi connectivity index (χ0) is 17.1. The maximum absolute atomic E-state index is 12.0. The van der Waals surface area contributed by atoms with Crippen molar-refractivity contribution < 1.29 is 4.79 Å². The molecule has 3 rings (SSSR count). The molecular formula is C14H11Cl2N5OS2. The smallest absolute Gasteiger partial charge is 0.236 e. The number of aromatic nitrogens is 4. The first-order chi connectivity index (χ1) is 11.5. The van der Waals surface area contributed by atoms with Crippen LogP contribution >= 0.6 is 46.3 Å². The van der Waals surface area contributed by atoms with Gasteiger partial charge in [0.2, 0.25) is 11.1 Å². The molecule has 124 valence electrons. The van der Waals surface area contributed by atoms with Gasteiger partial charge in [0.25, 0.3) is 0 Å². The first kappa shape index (κ1) is 17.2. The monoisotopic (exact) mass is 399 g/mol. The van der Waals surface area contributed by atoms with Crippen LogP contribution in [0.2, 0.25) is 10.0 Å². The number of nitrogens with zero attached hydrogens (tertiary/aromatic N) is 3. The predicted molar refractivity (Wildman–Crippen MR) is 98.0 cm³/mol. The Bertz CT molecular complexity index is 866.